The van der Waals surface area contributed by atoms with Crippen LogP contribution in [0.4, 0.5) is 0 Å². The lowest BCUT2D eigenvalue weighted by molar-refractivity contribution is 0.530. The van der Waals surface area contributed by atoms with Crippen LogP contribution in [0.5, 0.6) is 0 Å². The molecule has 2 aromatic rings. The number of nitrogens with zero attached hydrogens (tertiary/aromatic N) is 3. The number of aromatic nitrogens is 3. The maximum Gasteiger partial charge on any atom is 0.296 e. The van der Waals surface area contributed by atoms with E-state index in [4.69, 9.17) is 22.3 Å². The third-order valence-corrected chi connectivity index (χ3v) is 5.28. The Morgan fingerprint density at radius 3 is 2.45 bits per heavy atom. The average Bonchev–Trinajstić information content (AvgIpc) is 2.77. The highest BCUT2D eigenvalue weighted by molar-refractivity contribution is 14.1. The number of rotatable bonds is 3. The average molecular weight is 446 g/mol. The first-order valence-electron chi connectivity index (χ1n) is 5.57. The first kappa shape index (κ1) is 16.0. The van der Waals surface area contributed by atoms with Gasteiger partial charge in [0.05, 0.1) is 5.02 Å². The highest BCUT2D eigenvalue weighted by Gasteiger charge is 2.25. The first-order valence-corrected chi connectivity index (χ1v) is 9.33. The SMILES string of the molecule is CC(C)n1c(-c2ccc(I)c(Cl)c2)nnc1S(=O)(=O)Cl. The lowest BCUT2D eigenvalue weighted by atomic mass is 10.2. The van der Waals surface area contributed by atoms with E-state index in [1.165, 1.54) is 4.57 Å². The molecule has 0 aliphatic rings. The number of hydrogen-bond donors (Lipinski definition) is 0. The smallest absolute Gasteiger partial charge is 0.294 e. The van der Waals surface area contributed by atoms with E-state index in [2.05, 4.69) is 32.8 Å². The molecule has 0 amide bonds. The normalized spacial score (nSPS) is 12.1. The van der Waals surface area contributed by atoms with Crippen molar-refractivity contribution >= 4 is 53.9 Å². The molecule has 0 unspecified atom stereocenters. The van der Waals surface area contributed by atoms with Gasteiger partial charge in [-0.3, -0.25) is 4.57 Å². The zero-order chi connectivity index (χ0) is 15.1. The van der Waals surface area contributed by atoms with Crippen LogP contribution in [0.1, 0.15) is 19.9 Å². The summed E-state index contributed by atoms with van der Waals surface area (Å²) in [6.07, 6.45) is 0. The third-order valence-electron chi connectivity index (χ3n) is 2.58. The van der Waals surface area contributed by atoms with Crippen LogP contribution in [0.25, 0.3) is 11.4 Å². The van der Waals surface area contributed by atoms with Crippen molar-refractivity contribution in [2.45, 2.75) is 25.0 Å². The van der Waals surface area contributed by atoms with Gasteiger partial charge in [-0.1, -0.05) is 17.7 Å². The molecule has 0 bridgehead atoms. The molecule has 0 aliphatic heterocycles. The fourth-order valence-electron chi connectivity index (χ4n) is 1.74. The molecule has 1 aromatic carbocycles. The molecule has 0 radical (unpaired) electrons. The van der Waals surface area contributed by atoms with E-state index in [1.807, 2.05) is 19.9 Å². The van der Waals surface area contributed by atoms with Gasteiger partial charge in [0.1, 0.15) is 0 Å². The van der Waals surface area contributed by atoms with Crippen molar-refractivity contribution in [3.63, 3.8) is 0 Å². The Kier molecular flexibility index (Phi) is 4.63. The summed E-state index contributed by atoms with van der Waals surface area (Å²) in [5.41, 5.74) is 0.684. The molecular formula is C11H10Cl2IN3O2S. The fraction of sp³-hybridized carbons (Fsp3) is 0.273. The summed E-state index contributed by atoms with van der Waals surface area (Å²) in [6.45, 7) is 3.65. The lowest BCUT2D eigenvalue weighted by Crippen LogP contribution is -2.10. The monoisotopic (exact) mass is 445 g/mol. The van der Waals surface area contributed by atoms with Crippen molar-refractivity contribution in [1.29, 1.82) is 0 Å². The molecule has 20 heavy (non-hydrogen) atoms. The fourth-order valence-corrected chi connectivity index (χ4v) is 3.24. The van der Waals surface area contributed by atoms with E-state index in [1.54, 1.807) is 12.1 Å². The Labute approximate surface area is 139 Å². The molecule has 2 rings (SSSR count). The highest BCUT2D eigenvalue weighted by atomic mass is 127. The maximum absolute atomic E-state index is 11.5. The quantitative estimate of drug-likeness (QED) is 0.533. The second-order valence-electron chi connectivity index (χ2n) is 4.34. The Bertz CT molecular complexity index is 759. The summed E-state index contributed by atoms with van der Waals surface area (Å²) in [5.74, 6) is 0.414. The molecule has 0 aliphatic carbocycles. The van der Waals surface area contributed by atoms with Crippen LogP contribution in [-0.2, 0) is 9.05 Å². The molecule has 0 saturated heterocycles. The van der Waals surface area contributed by atoms with Gasteiger partial charge in [0.25, 0.3) is 14.2 Å². The lowest BCUT2D eigenvalue weighted by Gasteiger charge is -2.12. The number of hydrogen-bond acceptors (Lipinski definition) is 4. The molecule has 0 saturated carbocycles. The second-order valence-corrected chi connectivity index (χ2v) is 8.37. The molecule has 0 spiro atoms. The van der Waals surface area contributed by atoms with E-state index >= 15 is 0 Å². The topological polar surface area (TPSA) is 64.8 Å². The predicted octanol–water partition coefficient (Wildman–Crippen LogP) is 3.71. The third kappa shape index (κ3) is 3.10. The summed E-state index contributed by atoms with van der Waals surface area (Å²) < 4.78 is 25.4. The van der Waals surface area contributed by atoms with Gasteiger partial charge in [-0.25, -0.2) is 8.42 Å². The Morgan fingerprint density at radius 2 is 1.95 bits per heavy atom. The first-order chi connectivity index (χ1) is 9.21. The van der Waals surface area contributed by atoms with Crippen LogP contribution >= 0.6 is 44.9 Å². The van der Waals surface area contributed by atoms with Crippen LogP contribution in [0.15, 0.2) is 23.4 Å². The van der Waals surface area contributed by atoms with Crippen LogP contribution in [-0.4, -0.2) is 23.2 Å². The van der Waals surface area contributed by atoms with E-state index in [0.717, 1.165) is 3.57 Å². The van der Waals surface area contributed by atoms with Crippen molar-refractivity contribution in [3.8, 4) is 11.4 Å². The minimum Gasteiger partial charge on any atom is -0.294 e. The number of halogens is 3. The van der Waals surface area contributed by atoms with Crippen LogP contribution in [0, 0.1) is 3.57 Å². The van der Waals surface area contributed by atoms with E-state index in [9.17, 15) is 8.42 Å². The van der Waals surface area contributed by atoms with Gasteiger partial charge in [0.2, 0.25) is 0 Å². The summed E-state index contributed by atoms with van der Waals surface area (Å²) in [4.78, 5) is 0. The maximum atomic E-state index is 11.5. The molecule has 0 fully saturated rings. The molecule has 1 heterocycles. The molecule has 5 nitrogen and oxygen atoms in total. The molecular weight excluding hydrogens is 436 g/mol. The standard InChI is InChI=1S/C11H10Cl2IN3O2S/c1-6(2)17-10(15-16-11(17)20(13,18)19)7-3-4-9(14)8(12)5-7/h3-6H,1-2H3. The van der Waals surface area contributed by atoms with Gasteiger partial charge < -0.3 is 0 Å². The molecule has 108 valence electrons. The summed E-state index contributed by atoms with van der Waals surface area (Å²) in [5, 5.41) is 7.92. The van der Waals surface area contributed by atoms with Crippen molar-refractivity contribution in [1.82, 2.24) is 14.8 Å². The van der Waals surface area contributed by atoms with Crippen LogP contribution in [0.2, 0.25) is 5.02 Å². The van der Waals surface area contributed by atoms with Crippen molar-refractivity contribution in [2.75, 3.05) is 0 Å². The highest BCUT2D eigenvalue weighted by Crippen LogP contribution is 2.29. The van der Waals surface area contributed by atoms with Crippen molar-refractivity contribution < 1.29 is 8.42 Å². The minimum absolute atomic E-state index is 0.165. The van der Waals surface area contributed by atoms with Crippen molar-refractivity contribution in [3.05, 3.63) is 26.8 Å². The Hall–Kier alpha value is -0.380. The Balaban J connectivity index is 2.69. The largest absolute Gasteiger partial charge is 0.296 e. The summed E-state index contributed by atoms with van der Waals surface area (Å²) in [7, 11) is 1.43. The van der Waals surface area contributed by atoms with Gasteiger partial charge >= 0.3 is 0 Å². The van der Waals surface area contributed by atoms with E-state index < -0.39 is 9.05 Å². The van der Waals surface area contributed by atoms with E-state index in [0.29, 0.717) is 16.4 Å². The van der Waals surface area contributed by atoms with Gasteiger partial charge in [0, 0.05) is 25.9 Å². The second kappa shape index (κ2) is 5.78. The minimum atomic E-state index is -3.96. The van der Waals surface area contributed by atoms with Crippen LogP contribution < -0.4 is 0 Å². The predicted molar refractivity (Wildman–Crippen MR) is 86.6 cm³/mol. The van der Waals surface area contributed by atoms with Crippen LogP contribution in [0.3, 0.4) is 0 Å². The molecule has 1 aromatic heterocycles. The van der Waals surface area contributed by atoms with Crippen molar-refractivity contribution in [2.24, 2.45) is 0 Å². The summed E-state index contributed by atoms with van der Waals surface area (Å²) in [6, 6.07) is 5.19. The van der Waals surface area contributed by atoms with Gasteiger partial charge in [0.15, 0.2) is 5.82 Å². The van der Waals surface area contributed by atoms with Gasteiger partial charge in [-0.15, -0.1) is 10.2 Å². The molecule has 9 heteroatoms. The van der Waals surface area contributed by atoms with Gasteiger partial charge in [-0.2, -0.15) is 0 Å². The van der Waals surface area contributed by atoms with E-state index in [-0.39, 0.29) is 11.2 Å². The molecule has 0 N–H and O–H groups in total. The summed E-state index contributed by atoms with van der Waals surface area (Å²) >= 11 is 8.19. The molecule has 0 atom stereocenters. The van der Waals surface area contributed by atoms with Gasteiger partial charge in [-0.05, 0) is 48.6 Å². The number of benzene rings is 1. The zero-order valence-electron chi connectivity index (χ0n) is 10.5. The Morgan fingerprint density at radius 1 is 1.30 bits per heavy atom. The zero-order valence-corrected chi connectivity index (χ0v) is 15.0.